The molecule has 2 aliphatic heterocycles. The zero-order chi connectivity index (χ0) is 21.0. The lowest BCUT2D eigenvalue weighted by atomic mass is 9.79. The topological polar surface area (TPSA) is 33.1 Å². The van der Waals surface area contributed by atoms with Gasteiger partial charge in [0, 0.05) is 30.7 Å². The number of hydrogen-bond acceptors (Lipinski definition) is 3. The van der Waals surface area contributed by atoms with Crippen molar-refractivity contribution in [1.29, 1.82) is 0 Å². The fourth-order valence-corrected chi connectivity index (χ4v) is 6.98. The third kappa shape index (κ3) is 4.51. The summed E-state index contributed by atoms with van der Waals surface area (Å²) in [5.41, 5.74) is 2.45. The molecule has 2 aromatic rings. The minimum atomic E-state index is 0.576. The van der Waals surface area contributed by atoms with Crippen LogP contribution in [0.2, 0.25) is 0 Å². The largest absolute Gasteiger partial charge is 0.356 e. The summed E-state index contributed by atoms with van der Waals surface area (Å²) in [7, 11) is 0. The number of nitrogens with one attached hydrogen (secondary N) is 1. The number of nitrogens with zero attached hydrogens (tertiary/aromatic N) is 3. The van der Waals surface area contributed by atoms with E-state index in [4.69, 9.17) is 4.98 Å². The number of aromatic nitrogens is 2. The molecular weight excluding hydrogens is 380 g/mol. The first-order valence-corrected chi connectivity index (χ1v) is 13.3. The molecule has 3 heterocycles. The van der Waals surface area contributed by atoms with Crippen LogP contribution in [0.15, 0.2) is 24.3 Å². The zero-order valence-corrected chi connectivity index (χ0v) is 19.6. The van der Waals surface area contributed by atoms with Gasteiger partial charge >= 0.3 is 0 Å². The first-order chi connectivity index (χ1) is 15.3. The summed E-state index contributed by atoms with van der Waals surface area (Å²) in [4.78, 5) is 8.01. The van der Waals surface area contributed by atoms with Crippen molar-refractivity contribution in [3.8, 4) is 0 Å². The first kappa shape index (κ1) is 21.3. The van der Waals surface area contributed by atoms with E-state index in [9.17, 15) is 0 Å². The summed E-state index contributed by atoms with van der Waals surface area (Å²) in [6.07, 6.45) is 19.9. The average Bonchev–Trinajstić information content (AvgIpc) is 3.15. The molecule has 2 unspecified atom stereocenters. The van der Waals surface area contributed by atoms with E-state index < -0.39 is 0 Å². The molecule has 170 valence electrons. The summed E-state index contributed by atoms with van der Waals surface area (Å²) in [6, 6.07) is 11.7. The highest BCUT2D eigenvalue weighted by Crippen LogP contribution is 2.44. The van der Waals surface area contributed by atoms with Crippen LogP contribution < -0.4 is 5.32 Å². The van der Waals surface area contributed by atoms with Crippen LogP contribution in [0.5, 0.6) is 0 Å². The standard InChI is InChI=1S/C27H42N4/c1-2-28-27-29-25-17-10-11-18-26(25)31(27)24-19-22-15-12-16-23(20-24)30(22)21-13-8-6-4-3-5-7-9-14-21/h10-11,17-18,21-24H,2-9,12-16,19-20H2,1H3,(H,28,29). The van der Waals surface area contributed by atoms with Crippen LogP contribution in [0.3, 0.4) is 0 Å². The quantitative estimate of drug-likeness (QED) is 0.580. The SMILES string of the molecule is CCNc1nc2ccccc2n1C1CC2CCCC(C1)N2C1CCCCCCCCC1. The second-order valence-electron chi connectivity index (χ2n) is 10.3. The number of fused-ring (bicyclic) bond motifs is 3. The van der Waals surface area contributed by atoms with Crippen molar-refractivity contribution in [3.05, 3.63) is 24.3 Å². The van der Waals surface area contributed by atoms with Gasteiger partial charge in [0.05, 0.1) is 11.0 Å². The van der Waals surface area contributed by atoms with Crippen LogP contribution in [-0.2, 0) is 0 Å². The summed E-state index contributed by atoms with van der Waals surface area (Å²) in [5.74, 6) is 1.08. The highest BCUT2D eigenvalue weighted by Gasteiger charge is 2.42. The van der Waals surface area contributed by atoms with E-state index in [1.807, 2.05) is 0 Å². The molecule has 0 amide bonds. The number of anilines is 1. The van der Waals surface area contributed by atoms with Crippen molar-refractivity contribution in [3.63, 3.8) is 0 Å². The lowest BCUT2D eigenvalue weighted by Crippen LogP contribution is -2.56. The molecule has 1 aromatic heterocycles. The molecule has 5 rings (SSSR count). The van der Waals surface area contributed by atoms with E-state index in [1.54, 1.807) is 0 Å². The Labute approximate surface area is 188 Å². The van der Waals surface area contributed by atoms with E-state index >= 15 is 0 Å². The fraction of sp³-hybridized carbons (Fsp3) is 0.741. The van der Waals surface area contributed by atoms with Crippen LogP contribution in [0, 0.1) is 0 Å². The Morgan fingerprint density at radius 1 is 0.774 bits per heavy atom. The van der Waals surface area contributed by atoms with Gasteiger partial charge in [0.2, 0.25) is 5.95 Å². The highest BCUT2D eigenvalue weighted by molar-refractivity contribution is 5.78. The van der Waals surface area contributed by atoms with Crippen molar-refractivity contribution < 1.29 is 0 Å². The summed E-state index contributed by atoms with van der Waals surface area (Å²) in [5, 5.41) is 3.57. The fourth-order valence-electron chi connectivity index (χ4n) is 6.98. The number of rotatable bonds is 4. The van der Waals surface area contributed by atoms with E-state index in [2.05, 4.69) is 46.0 Å². The lowest BCUT2D eigenvalue weighted by Gasteiger charge is -2.53. The van der Waals surface area contributed by atoms with Crippen LogP contribution in [0.1, 0.15) is 103 Å². The summed E-state index contributed by atoms with van der Waals surface area (Å²) < 4.78 is 2.56. The molecule has 2 saturated heterocycles. The Balaban J connectivity index is 1.39. The molecule has 4 heteroatoms. The van der Waals surface area contributed by atoms with Crippen LogP contribution in [0.4, 0.5) is 5.95 Å². The van der Waals surface area contributed by atoms with Gasteiger partial charge in [0.15, 0.2) is 0 Å². The molecule has 1 aliphatic carbocycles. The Bertz CT molecular complexity index is 819. The molecule has 1 saturated carbocycles. The minimum Gasteiger partial charge on any atom is -0.356 e. The Kier molecular flexibility index (Phi) is 6.83. The number of benzene rings is 1. The number of imidazole rings is 1. The zero-order valence-electron chi connectivity index (χ0n) is 19.6. The molecule has 0 radical (unpaired) electrons. The molecular formula is C27H42N4. The monoisotopic (exact) mass is 422 g/mol. The van der Waals surface area contributed by atoms with Crippen molar-refractivity contribution in [2.75, 3.05) is 11.9 Å². The van der Waals surface area contributed by atoms with Gasteiger partial charge in [-0.2, -0.15) is 0 Å². The number of para-hydroxylation sites is 2. The van der Waals surface area contributed by atoms with Gasteiger partial charge < -0.3 is 9.88 Å². The van der Waals surface area contributed by atoms with E-state index in [1.165, 1.54) is 95.4 Å². The maximum atomic E-state index is 4.96. The van der Waals surface area contributed by atoms with E-state index in [0.717, 1.165) is 36.1 Å². The summed E-state index contributed by atoms with van der Waals surface area (Å²) in [6.45, 7) is 3.11. The van der Waals surface area contributed by atoms with E-state index in [-0.39, 0.29) is 0 Å². The smallest absolute Gasteiger partial charge is 0.204 e. The van der Waals surface area contributed by atoms with Gasteiger partial charge in [-0.3, -0.25) is 4.90 Å². The molecule has 2 atom stereocenters. The third-order valence-corrected chi connectivity index (χ3v) is 8.30. The van der Waals surface area contributed by atoms with Gasteiger partial charge in [-0.1, -0.05) is 63.5 Å². The van der Waals surface area contributed by atoms with Gasteiger partial charge in [-0.15, -0.1) is 0 Å². The lowest BCUT2D eigenvalue weighted by molar-refractivity contribution is -0.0231. The maximum Gasteiger partial charge on any atom is 0.204 e. The molecule has 1 N–H and O–H groups in total. The normalized spacial score (nSPS) is 29.1. The Morgan fingerprint density at radius 3 is 2.06 bits per heavy atom. The maximum absolute atomic E-state index is 4.96. The van der Waals surface area contributed by atoms with Crippen molar-refractivity contribution in [2.45, 2.75) is 121 Å². The molecule has 0 spiro atoms. The molecule has 3 fully saturated rings. The van der Waals surface area contributed by atoms with Gasteiger partial charge in [0.1, 0.15) is 0 Å². The first-order valence-electron chi connectivity index (χ1n) is 13.3. The molecule has 2 bridgehead atoms. The van der Waals surface area contributed by atoms with Gasteiger partial charge in [0.25, 0.3) is 0 Å². The average molecular weight is 423 g/mol. The number of piperidine rings is 2. The van der Waals surface area contributed by atoms with Crippen LogP contribution >= 0.6 is 0 Å². The van der Waals surface area contributed by atoms with Gasteiger partial charge in [-0.05, 0) is 57.6 Å². The van der Waals surface area contributed by atoms with Crippen molar-refractivity contribution >= 4 is 17.0 Å². The van der Waals surface area contributed by atoms with E-state index in [0.29, 0.717) is 6.04 Å². The third-order valence-electron chi connectivity index (χ3n) is 8.30. The Hall–Kier alpha value is -1.55. The number of hydrogen-bond donors (Lipinski definition) is 1. The molecule has 31 heavy (non-hydrogen) atoms. The summed E-state index contributed by atoms with van der Waals surface area (Å²) >= 11 is 0. The van der Waals surface area contributed by atoms with Crippen LogP contribution in [-0.4, -0.2) is 39.1 Å². The van der Waals surface area contributed by atoms with Crippen molar-refractivity contribution in [2.24, 2.45) is 0 Å². The van der Waals surface area contributed by atoms with Crippen LogP contribution in [0.25, 0.3) is 11.0 Å². The predicted octanol–water partition coefficient (Wildman–Crippen LogP) is 6.92. The molecule has 4 nitrogen and oxygen atoms in total. The second kappa shape index (κ2) is 9.94. The molecule has 3 aliphatic rings. The van der Waals surface area contributed by atoms with Gasteiger partial charge in [-0.25, -0.2) is 4.98 Å². The second-order valence-corrected chi connectivity index (χ2v) is 10.3. The van der Waals surface area contributed by atoms with Crippen molar-refractivity contribution in [1.82, 2.24) is 14.5 Å². The predicted molar refractivity (Wildman–Crippen MR) is 131 cm³/mol. The molecule has 1 aromatic carbocycles. The minimum absolute atomic E-state index is 0.576. The Morgan fingerprint density at radius 2 is 1.39 bits per heavy atom. The highest BCUT2D eigenvalue weighted by atomic mass is 15.3.